The molecule has 0 fully saturated rings. The highest BCUT2D eigenvalue weighted by atomic mass is 127. The molecule has 38 heavy (non-hydrogen) atoms. The van der Waals surface area contributed by atoms with Gasteiger partial charge in [-0.25, -0.2) is 4.79 Å². The number of nitrogens with one attached hydrogen (secondary N) is 1. The Labute approximate surface area is 236 Å². The molecule has 0 radical (unpaired) electrons. The second kappa shape index (κ2) is 12.9. The van der Waals surface area contributed by atoms with Crippen LogP contribution in [-0.4, -0.2) is 30.5 Å². The number of halogens is 2. The molecule has 0 saturated carbocycles. The van der Waals surface area contributed by atoms with Crippen molar-refractivity contribution in [2.45, 2.75) is 6.92 Å². The number of ether oxygens (including phenoxy) is 3. The number of nitriles is 1. The van der Waals surface area contributed by atoms with E-state index in [2.05, 4.69) is 5.32 Å². The van der Waals surface area contributed by atoms with E-state index in [9.17, 15) is 25.0 Å². The van der Waals surface area contributed by atoms with Gasteiger partial charge in [-0.15, -0.1) is 0 Å². The van der Waals surface area contributed by atoms with Gasteiger partial charge in [-0.1, -0.05) is 11.6 Å². The maximum absolute atomic E-state index is 12.7. The van der Waals surface area contributed by atoms with E-state index in [1.165, 1.54) is 31.4 Å². The van der Waals surface area contributed by atoms with Crippen molar-refractivity contribution in [1.29, 1.82) is 5.26 Å². The monoisotopic (exact) mass is 647 g/mol. The molecule has 0 saturated heterocycles. The van der Waals surface area contributed by atoms with Crippen LogP contribution < -0.4 is 19.5 Å². The molecule has 0 atom stereocenters. The number of rotatable bonds is 9. The summed E-state index contributed by atoms with van der Waals surface area (Å²) in [5, 5.41) is 23.4. The number of nitro benzene ring substituents is 1. The summed E-state index contributed by atoms with van der Waals surface area (Å²) in [6.07, 6.45) is 1.29. The normalized spacial score (nSPS) is 10.8. The Morgan fingerprint density at radius 1 is 1.18 bits per heavy atom. The van der Waals surface area contributed by atoms with Gasteiger partial charge in [-0.05, 0) is 89.7 Å². The summed E-state index contributed by atoms with van der Waals surface area (Å²) < 4.78 is 16.8. The number of methoxy groups -OCH3 is 1. The zero-order chi connectivity index (χ0) is 27.8. The van der Waals surface area contributed by atoms with Gasteiger partial charge in [0.1, 0.15) is 23.1 Å². The number of nitro groups is 1. The SMILES string of the molecule is CCOc1cc(/C=C(/C#N)C(=O)Nc2ccc(Cl)cc2[N+](=O)[O-])cc(I)c1OC(=O)c1ccc(OC)cc1. The minimum absolute atomic E-state index is 0.115. The maximum atomic E-state index is 12.7. The molecule has 0 aliphatic carbocycles. The summed E-state index contributed by atoms with van der Waals surface area (Å²) in [5.41, 5.74) is -0.155. The second-order valence-electron chi connectivity index (χ2n) is 7.42. The van der Waals surface area contributed by atoms with Crippen molar-refractivity contribution in [3.8, 4) is 23.3 Å². The van der Waals surface area contributed by atoms with Crippen molar-refractivity contribution in [1.82, 2.24) is 0 Å². The second-order valence-corrected chi connectivity index (χ2v) is 9.02. The maximum Gasteiger partial charge on any atom is 0.343 e. The van der Waals surface area contributed by atoms with E-state index in [0.717, 1.165) is 6.07 Å². The molecule has 0 aliphatic rings. The molecule has 3 aromatic carbocycles. The number of hydrogen-bond donors (Lipinski definition) is 1. The lowest BCUT2D eigenvalue weighted by atomic mass is 10.1. The number of anilines is 1. The lowest BCUT2D eigenvalue weighted by Crippen LogP contribution is -2.14. The topological polar surface area (TPSA) is 141 Å². The molecule has 0 spiro atoms. The van der Waals surface area contributed by atoms with Gasteiger partial charge >= 0.3 is 5.97 Å². The van der Waals surface area contributed by atoms with Crippen LogP contribution in [0.5, 0.6) is 17.2 Å². The molecule has 3 aromatic rings. The zero-order valence-electron chi connectivity index (χ0n) is 20.0. The van der Waals surface area contributed by atoms with E-state index in [1.807, 2.05) is 22.6 Å². The molecule has 1 N–H and O–H groups in total. The highest BCUT2D eigenvalue weighted by Crippen LogP contribution is 2.36. The molecule has 0 aliphatic heterocycles. The number of benzene rings is 3. The lowest BCUT2D eigenvalue weighted by Gasteiger charge is -2.14. The Morgan fingerprint density at radius 3 is 2.50 bits per heavy atom. The molecule has 3 rings (SSSR count). The third-order valence-electron chi connectivity index (χ3n) is 4.93. The van der Waals surface area contributed by atoms with Crippen LogP contribution in [0.25, 0.3) is 6.08 Å². The van der Waals surface area contributed by atoms with Crippen LogP contribution >= 0.6 is 34.2 Å². The summed E-state index contributed by atoms with van der Waals surface area (Å²) in [6, 6.07) is 15.0. The van der Waals surface area contributed by atoms with Crippen molar-refractivity contribution in [2.24, 2.45) is 0 Å². The van der Waals surface area contributed by atoms with Crippen LogP contribution in [0.2, 0.25) is 5.02 Å². The third kappa shape index (κ3) is 6.99. The number of nitrogens with zero attached hydrogens (tertiary/aromatic N) is 2. The van der Waals surface area contributed by atoms with E-state index in [1.54, 1.807) is 43.3 Å². The van der Waals surface area contributed by atoms with E-state index in [0.29, 0.717) is 20.4 Å². The number of carbonyl (C=O) groups is 2. The highest BCUT2D eigenvalue weighted by molar-refractivity contribution is 14.1. The van der Waals surface area contributed by atoms with Crippen molar-refractivity contribution in [3.05, 3.63) is 90.0 Å². The Hall–Kier alpha value is -4.15. The van der Waals surface area contributed by atoms with Gasteiger partial charge in [-0.2, -0.15) is 5.26 Å². The first-order valence-electron chi connectivity index (χ1n) is 10.9. The van der Waals surface area contributed by atoms with Crippen molar-refractivity contribution >= 4 is 63.5 Å². The Balaban J connectivity index is 1.90. The van der Waals surface area contributed by atoms with Crippen molar-refractivity contribution in [2.75, 3.05) is 19.0 Å². The smallest absolute Gasteiger partial charge is 0.343 e. The number of carbonyl (C=O) groups excluding carboxylic acids is 2. The molecule has 10 nitrogen and oxygen atoms in total. The molecule has 0 bridgehead atoms. The van der Waals surface area contributed by atoms with Crippen molar-refractivity contribution in [3.63, 3.8) is 0 Å². The van der Waals surface area contributed by atoms with Crippen molar-refractivity contribution < 1.29 is 28.7 Å². The van der Waals surface area contributed by atoms with Gasteiger partial charge in [-0.3, -0.25) is 14.9 Å². The summed E-state index contributed by atoms with van der Waals surface area (Å²) >= 11 is 7.76. The molecule has 0 unspecified atom stereocenters. The fraction of sp³-hybridized carbons (Fsp3) is 0.115. The molecule has 0 aromatic heterocycles. The fourth-order valence-corrected chi connectivity index (χ4v) is 4.08. The van der Waals surface area contributed by atoms with E-state index < -0.39 is 22.5 Å². The minimum atomic E-state index is -0.860. The van der Waals surface area contributed by atoms with Gasteiger partial charge in [0.2, 0.25) is 0 Å². The van der Waals surface area contributed by atoms with E-state index in [4.69, 9.17) is 25.8 Å². The number of esters is 1. The van der Waals surface area contributed by atoms with Crippen LogP contribution in [0, 0.1) is 25.0 Å². The summed E-state index contributed by atoms with van der Waals surface area (Å²) in [4.78, 5) is 36.1. The average molecular weight is 648 g/mol. The Kier molecular flexibility index (Phi) is 9.64. The Morgan fingerprint density at radius 2 is 1.89 bits per heavy atom. The zero-order valence-corrected chi connectivity index (χ0v) is 22.9. The molecule has 0 heterocycles. The van der Waals surface area contributed by atoms with Gasteiger partial charge in [0.25, 0.3) is 11.6 Å². The quantitative estimate of drug-likeness (QED) is 0.0565. The molecular formula is C26H19ClIN3O7. The molecule has 1 amide bonds. The fourth-order valence-electron chi connectivity index (χ4n) is 3.18. The van der Waals surface area contributed by atoms with Gasteiger partial charge in [0.05, 0.1) is 27.8 Å². The number of hydrogen-bond acceptors (Lipinski definition) is 8. The molecule has 194 valence electrons. The average Bonchev–Trinajstić information content (AvgIpc) is 2.90. The van der Waals surface area contributed by atoms with E-state index in [-0.39, 0.29) is 34.4 Å². The Bertz CT molecular complexity index is 1470. The van der Waals surface area contributed by atoms with Crippen LogP contribution in [0.15, 0.2) is 60.2 Å². The van der Waals surface area contributed by atoms with Gasteiger partial charge in [0, 0.05) is 11.1 Å². The summed E-state index contributed by atoms with van der Waals surface area (Å²) in [6.45, 7) is 2.00. The minimum Gasteiger partial charge on any atom is -0.497 e. The van der Waals surface area contributed by atoms with E-state index >= 15 is 0 Å². The summed E-state index contributed by atoms with van der Waals surface area (Å²) in [5.74, 6) is -0.494. The van der Waals surface area contributed by atoms with Crippen LogP contribution in [0.3, 0.4) is 0 Å². The third-order valence-corrected chi connectivity index (χ3v) is 5.97. The standard InChI is InChI=1S/C26H19ClIN3O7/c1-3-37-23-12-15(11-20(28)24(23)38-26(33)16-4-7-19(36-2)8-5-16)10-17(14-29)25(32)30-21-9-6-18(27)13-22(21)31(34)35/h4-13H,3H2,1-2H3,(H,30,32)/b17-10-. The highest BCUT2D eigenvalue weighted by Gasteiger charge is 2.20. The first-order valence-corrected chi connectivity index (χ1v) is 12.3. The number of amides is 1. The molecular weight excluding hydrogens is 629 g/mol. The first kappa shape index (κ1) is 28.4. The summed E-state index contributed by atoms with van der Waals surface area (Å²) in [7, 11) is 1.52. The van der Waals surface area contributed by atoms with Crippen LogP contribution in [0.1, 0.15) is 22.8 Å². The largest absolute Gasteiger partial charge is 0.497 e. The predicted molar refractivity (Wildman–Crippen MR) is 149 cm³/mol. The van der Waals surface area contributed by atoms with Gasteiger partial charge in [0.15, 0.2) is 11.5 Å². The predicted octanol–water partition coefficient (Wildman–Crippen LogP) is 6.02. The molecule has 12 heteroatoms. The lowest BCUT2D eigenvalue weighted by molar-refractivity contribution is -0.383. The van der Waals surface area contributed by atoms with Crippen LogP contribution in [-0.2, 0) is 4.79 Å². The van der Waals surface area contributed by atoms with Gasteiger partial charge < -0.3 is 19.5 Å². The van der Waals surface area contributed by atoms with Crippen LogP contribution in [0.4, 0.5) is 11.4 Å². The first-order chi connectivity index (χ1) is 18.2.